The normalized spacial score (nSPS) is 16.6. The lowest BCUT2D eigenvalue weighted by atomic mass is 10.0. The second-order valence-corrected chi connectivity index (χ2v) is 18.5. The number of unbranched alkanes of at least 4 members (excludes halogenated alkanes) is 1. The van der Waals surface area contributed by atoms with E-state index in [9.17, 15) is 78.0 Å². The van der Waals surface area contributed by atoms with Crippen molar-refractivity contribution in [3.05, 3.63) is 0 Å². The van der Waals surface area contributed by atoms with Crippen LogP contribution in [-0.2, 0) is 57.5 Å². The third-order valence-electron chi connectivity index (χ3n) is 11.4. The Morgan fingerprint density at radius 2 is 1.16 bits per heavy atom. The minimum Gasteiger partial charge on any atom is -0.481 e. The van der Waals surface area contributed by atoms with Gasteiger partial charge in [-0.3, -0.25) is 57.7 Å². The molecule has 10 amide bonds. The number of hydrogen-bond donors (Lipinski definition) is 17. The number of nitrogens with two attached hydrogens (primary N) is 6. The van der Waals surface area contributed by atoms with Gasteiger partial charge in [-0.1, -0.05) is 0 Å². The molecule has 0 aromatic heterocycles. The van der Waals surface area contributed by atoms with Gasteiger partial charge in [0.15, 0.2) is 12.0 Å². The number of guanidine groups is 1. The zero-order valence-corrected chi connectivity index (χ0v) is 42.8. The molecule has 0 spiro atoms. The number of aliphatic carboxylic acids is 2. The Hall–Kier alpha value is -6.90. The van der Waals surface area contributed by atoms with E-state index >= 15 is 0 Å². The summed E-state index contributed by atoms with van der Waals surface area (Å²) in [6, 6.07) is -13.8. The molecule has 1 fully saturated rings. The Bertz CT molecular complexity index is 2030. The average Bonchev–Trinajstić information content (AvgIpc) is 3.84. The third kappa shape index (κ3) is 24.8. The van der Waals surface area contributed by atoms with Crippen LogP contribution >= 0.6 is 11.8 Å². The standard InChI is InChI=1S/C43H75N15O16S/c1-21(60)33(42(73)74)57-38(69)27(19-32(63)64)55-40(71)29-9-6-17-58(29)41(72)26(8-5-16-50-43(48)49)54-39(70)28(20-59)56-35(66)23(7-3-4-15-44)52-37(68)25(14-18-75-2)53-36(67)24(11-13-31(47)62)51-34(65)22(45)10-12-30(46)61/h21-29,33,59-60H,3-20,44-45H2,1-2H3,(H2,46,61)(H2,47,62)(H,51,65)(H,52,68)(H,53,67)(H,54,70)(H,55,71)(H,56,66)(H,57,69)(H,63,64)(H,73,74)(H4,48,49,50)/t21-,22+,23+,24+,25+,26+,27+,28+,29+,33+/m1/s1. The van der Waals surface area contributed by atoms with Gasteiger partial charge in [-0.25, -0.2) is 4.79 Å². The van der Waals surface area contributed by atoms with Gasteiger partial charge in [0.1, 0.15) is 42.3 Å². The van der Waals surface area contributed by atoms with Crippen molar-refractivity contribution in [2.75, 3.05) is 38.2 Å². The fraction of sp³-hybridized carbons (Fsp3) is 0.698. The summed E-state index contributed by atoms with van der Waals surface area (Å²) in [5, 5.41) is 55.6. The maximum absolute atomic E-state index is 14.3. The number of aliphatic hydroxyl groups excluding tert-OH is 2. The van der Waals surface area contributed by atoms with Crippen LogP contribution in [0.5, 0.6) is 0 Å². The summed E-state index contributed by atoms with van der Waals surface area (Å²) >= 11 is 1.30. The topological polar surface area (TPSA) is 542 Å². The number of thioether (sulfide) groups is 1. The number of aliphatic hydroxyl groups is 2. The number of carbonyl (C=O) groups excluding carboxylic acids is 10. The molecule has 10 atom stereocenters. The summed E-state index contributed by atoms with van der Waals surface area (Å²) in [4.78, 5) is 160. The van der Waals surface area contributed by atoms with E-state index in [0.717, 1.165) is 11.8 Å². The number of primary amides is 2. The summed E-state index contributed by atoms with van der Waals surface area (Å²) in [5.41, 5.74) is 32.9. The number of rotatable bonds is 37. The molecule has 0 aromatic rings. The lowest BCUT2D eigenvalue weighted by molar-refractivity contribution is -0.146. The highest BCUT2D eigenvalue weighted by Gasteiger charge is 2.41. The third-order valence-corrected chi connectivity index (χ3v) is 12.1. The van der Waals surface area contributed by atoms with Gasteiger partial charge in [0.05, 0.1) is 25.2 Å². The molecular formula is C43H75N15O16S. The minimum atomic E-state index is -1.87. The zero-order chi connectivity index (χ0) is 56.9. The van der Waals surface area contributed by atoms with Gasteiger partial charge in [0, 0.05) is 25.9 Å². The molecule has 75 heavy (non-hydrogen) atoms. The first-order valence-corrected chi connectivity index (χ1v) is 25.4. The summed E-state index contributed by atoms with van der Waals surface area (Å²) in [6.45, 7) is 0.0828. The number of amides is 10. The number of carboxylic acid groups (broad SMARTS) is 2. The predicted octanol–water partition coefficient (Wildman–Crippen LogP) is -7.90. The molecule has 1 heterocycles. The first kappa shape index (κ1) is 66.1. The van der Waals surface area contributed by atoms with Crippen molar-refractivity contribution in [2.45, 2.75) is 151 Å². The second kappa shape index (κ2) is 34.6. The highest BCUT2D eigenvalue weighted by molar-refractivity contribution is 7.98. The quantitative estimate of drug-likeness (QED) is 0.0156. The van der Waals surface area contributed by atoms with Gasteiger partial charge in [-0.05, 0) is 89.7 Å². The summed E-state index contributed by atoms with van der Waals surface area (Å²) < 4.78 is 0. The van der Waals surface area contributed by atoms with E-state index in [4.69, 9.17) is 34.4 Å². The van der Waals surface area contributed by atoms with E-state index in [0.29, 0.717) is 12.2 Å². The Kier molecular flexibility index (Phi) is 30.5. The molecule has 1 aliphatic heterocycles. The van der Waals surface area contributed by atoms with Crippen LogP contribution in [0.4, 0.5) is 0 Å². The monoisotopic (exact) mass is 1090 g/mol. The molecule has 1 aliphatic rings. The fourth-order valence-corrected chi connectivity index (χ4v) is 7.84. The molecular weight excluding hydrogens is 1010 g/mol. The molecule has 0 unspecified atom stereocenters. The van der Waals surface area contributed by atoms with E-state index in [1.54, 1.807) is 6.26 Å². The van der Waals surface area contributed by atoms with E-state index < -0.39 is 145 Å². The molecule has 0 radical (unpaired) electrons. The number of nitrogens with one attached hydrogen (secondary N) is 7. The predicted molar refractivity (Wildman–Crippen MR) is 268 cm³/mol. The molecule has 1 saturated heterocycles. The molecule has 0 bridgehead atoms. The van der Waals surface area contributed by atoms with Crippen LogP contribution in [0.15, 0.2) is 4.99 Å². The Labute approximate surface area is 436 Å². The van der Waals surface area contributed by atoms with Crippen LogP contribution in [-0.4, -0.2) is 201 Å². The second-order valence-electron chi connectivity index (χ2n) is 17.5. The van der Waals surface area contributed by atoms with Crippen LogP contribution < -0.4 is 71.6 Å². The van der Waals surface area contributed by atoms with Crippen LogP contribution in [0.2, 0.25) is 0 Å². The molecule has 23 N–H and O–H groups in total. The maximum Gasteiger partial charge on any atom is 0.328 e. The minimum absolute atomic E-state index is 0.00565. The number of aliphatic imine (C=N–C) groups is 1. The number of carboxylic acids is 2. The first-order valence-electron chi connectivity index (χ1n) is 24.0. The summed E-state index contributed by atoms with van der Waals surface area (Å²) in [6.07, 6.45) is -1.38. The molecule has 0 aromatic carbocycles. The van der Waals surface area contributed by atoms with E-state index in [2.05, 4.69) is 36.9 Å². The van der Waals surface area contributed by atoms with E-state index in [-0.39, 0.29) is 96.2 Å². The SMILES string of the molecule is CSCC[C@H](NC(=O)[C@H](CCC(N)=O)NC(=O)[C@@H](N)CCC(N)=O)C(=O)N[C@@H](CCCCN)C(=O)N[C@@H](CO)C(=O)N[C@@H](CCCN=C(N)N)C(=O)N1CCC[C@H]1C(=O)N[C@@H](CC(=O)O)C(=O)N[C@H](C(=O)O)[C@@H](C)O. The van der Waals surface area contributed by atoms with Crippen molar-refractivity contribution in [3.8, 4) is 0 Å². The smallest absolute Gasteiger partial charge is 0.328 e. The lowest BCUT2D eigenvalue weighted by Crippen LogP contribution is -2.61. The summed E-state index contributed by atoms with van der Waals surface area (Å²) in [5.74, 6) is -12.6. The number of likely N-dealkylation sites (tertiary alicyclic amines) is 1. The fourth-order valence-electron chi connectivity index (χ4n) is 7.37. The van der Waals surface area contributed by atoms with Gasteiger partial charge >= 0.3 is 11.9 Å². The van der Waals surface area contributed by atoms with Crippen molar-refractivity contribution < 1.29 is 78.0 Å². The Balaban J connectivity index is 3.45. The molecule has 31 nitrogen and oxygen atoms in total. The van der Waals surface area contributed by atoms with E-state index in [1.807, 2.05) is 5.32 Å². The zero-order valence-electron chi connectivity index (χ0n) is 42.0. The van der Waals surface area contributed by atoms with Crippen molar-refractivity contribution in [2.24, 2.45) is 39.4 Å². The molecule has 0 aliphatic carbocycles. The van der Waals surface area contributed by atoms with Gasteiger partial charge in [-0.15, -0.1) is 0 Å². The Morgan fingerprint density at radius 3 is 1.68 bits per heavy atom. The number of nitrogens with zero attached hydrogens (tertiary/aromatic N) is 2. The highest BCUT2D eigenvalue weighted by atomic mass is 32.2. The van der Waals surface area contributed by atoms with Crippen molar-refractivity contribution in [1.29, 1.82) is 0 Å². The average molecular weight is 1090 g/mol. The Morgan fingerprint density at radius 1 is 0.653 bits per heavy atom. The van der Waals surface area contributed by atoms with Gasteiger partial charge < -0.3 is 96.9 Å². The van der Waals surface area contributed by atoms with Crippen LogP contribution in [0.25, 0.3) is 0 Å². The molecule has 424 valence electrons. The largest absolute Gasteiger partial charge is 0.481 e. The van der Waals surface area contributed by atoms with Gasteiger partial charge in [0.25, 0.3) is 0 Å². The number of hydrogen-bond acceptors (Lipinski definition) is 18. The highest BCUT2D eigenvalue weighted by Crippen LogP contribution is 2.21. The van der Waals surface area contributed by atoms with Crippen molar-refractivity contribution in [3.63, 3.8) is 0 Å². The lowest BCUT2D eigenvalue weighted by Gasteiger charge is -2.31. The molecule has 0 saturated carbocycles. The van der Waals surface area contributed by atoms with Crippen molar-refractivity contribution >= 4 is 88.7 Å². The number of carbonyl (C=O) groups is 12. The molecule has 32 heteroatoms. The first-order chi connectivity index (χ1) is 35.3. The maximum atomic E-state index is 14.3. The van der Waals surface area contributed by atoms with Crippen LogP contribution in [0.3, 0.4) is 0 Å². The van der Waals surface area contributed by atoms with Crippen LogP contribution in [0, 0.1) is 0 Å². The van der Waals surface area contributed by atoms with Gasteiger partial charge in [0.2, 0.25) is 59.1 Å². The molecule has 1 rings (SSSR count). The van der Waals surface area contributed by atoms with Crippen LogP contribution in [0.1, 0.15) is 90.4 Å². The summed E-state index contributed by atoms with van der Waals surface area (Å²) in [7, 11) is 0. The van der Waals surface area contributed by atoms with E-state index in [1.165, 1.54) is 11.8 Å². The van der Waals surface area contributed by atoms with Crippen molar-refractivity contribution in [1.82, 2.24) is 42.1 Å². The van der Waals surface area contributed by atoms with Gasteiger partial charge in [-0.2, -0.15) is 11.8 Å².